The van der Waals surface area contributed by atoms with Gasteiger partial charge in [-0.2, -0.15) is 0 Å². The molecule has 7 nitrogen and oxygen atoms in total. The number of rotatable bonds is 4. The summed E-state index contributed by atoms with van der Waals surface area (Å²) in [5.41, 5.74) is 0.0499. The number of morpholine rings is 1. The molecule has 3 rings (SSSR count). The van der Waals surface area contributed by atoms with E-state index in [1.54, 1.807) is 12.1 Å². The number of hydrogen-bond acceptors (Lipinski definition) is 6. The number of ether oxygens (including phenoxy) is 1. The highest BCUT2D eigenvalue weighted by Crippen LogP contribution is 2.30. The quantitative estimate of drug-likeness (QED) is 0.668. The first-order chi connectivity index (χ1) is 9.74. The first kappa shape index (κ1) is 13.1. The molecule has 0 amide bonds. The molecule has 2 heterocycles. The number of nitrogens with zero attached hydrogens (tertiary/aromatic N) is 3. The van der Waals surface area contributed by atoms with Gasteiger partial charge in [0.25, 0.3) is 0 Å². The molecule has 0 bridgehead atoms. The van der Waals surface area contributed by atoms with Crippen molar-refractivity contribution in [2.75, 3.05) is 36.5 Å². The Kier molecular flexibility index (Phi) is 3.68. The average molecular weight is 278 g/mol. The van der Waals surface area contributed by atoms with Crippen LogP contribution in [-0.4, -0.2) is 42.3 Å². The van der Waals surface area contributed by atoms with Gasteiger partial charge in [0.15, 0.2) is 0 Å². The molecular weight excluding hydrogens is 260 g/mol. The van der Waals surface area contributed by atoms with Gasteiger partial charge in [0, 0.05) is 25.2 Å². The summed E-state index contributed by atoms with van der Waals surface area (Å²) in [4.78, 5) is 17.3. The lowest BCUT2D eigenvalue weighted by Crippen LogP contribution is -2.37. The highest BCUT2D eigenvalue weighted by molar-refractivity contribution is 5.61. The number of anilines is 2. The molecule has 20 heavy (non-hydrogen) atoms. The Morgan fingerprint density at radius 3 is 2.70 bits per heavy atom. The van der Waals surface area contributed by atoms with Crippen LogP contribution >= 0.6 is 0 Å². The molecule has 1 N–H and O–H groups in total. The molecule has 1 aromatic rings. The largest absolute Gasteiger partial charge is 0.378 e. The summed E-state index contributed by atoms with van der Waals surface area (Å²) in [6, 6.07) is 3.58. The molecule has 0 aromatic carbocycles. The second kappa shape index (κ2) is 5.62. The van der Waals surface area contributed by atoms with E-state index in [-0.39, 0.29) is 10.6 Å². The second-order valence-corrected chi connectivity index (χ2v) is 5.17. The predicted molar refractivity (Wildman–Crippen MR) is 75.2 cm³/mol. The second-order valence-electron chi connectivity index (χ2n) is 5.17. The number of hydrogen-bond donors (Lipinski definition) is 1. The van der Waals surface area contributed by atoms with Crippen molar-refractivity contribution in [1.82, 2.24) is 4.98 Å². The van der Waals surface area contributed by atoms with Gasteiger partial charge >= 0.3 is 5.69 Å². The first-order valence-electron chi connectivity index (χ1n) is 6.99. The van der Waals surface area contributed by atoms with Crippen LogP contribution < -0.4 is 10.2 Å². The van der Waals surface area contributed by atoms with E-state index in [2.05, 4.69) is 15.2 Å². The molecule has 2 fully saturated rings. The molecule has 0 atom stereocenters. The molecule has 7 heteroatoms. The molecule has 1 aliphatic carbocycles. The van der Waals surface area contributed by atoms with Gasteiger partial charge in [-0.1, -0.05) is 0 Å². The number of pyridine rings is 1. The molecule has 0 spiro atoms. The molecule has 108 valence electrons. The number of nitrogens with one attached hydrogen (secondary N) is 1. The van der Waals surface area contributed by atoms with Crippen LogP contribution in [0.2, 0.25) is 0 Å². The zero-order chi connectivity index (χ0) is 13.9. The zero-order valence-corrected chi connectivity index (χ0v) is 11.2. The lowest BCUT2D eigenvalue weighted by atomic mass is 9.93. The lowest BCUT2D eigenvalue weighted by molar-refractivity contribution is -0.384. The van der Waals surface area contributed by atoms with Crippen LogP contribution in [0.3, 0.4) is 0 Å². The SMILES string of the molecule is O=[N+]([O-])c1ccc(N2CCOCC2)nc1NC1CCC1. The van der Waals surface area contributed by atoms with E-state index in [0.717, 1.165) is 31.7 Å². The summed E-state index contributed by atoms with van der Waals surface area (Å²) in [6.45, 7) is 2.88. The molecule has 1 aliphatic heterocycles. The monoisotopic (exact) mass is 278 g/mol. The van der Waals surface area contributed by atoms with Crippen molar-refractivity contribution in [2.45, 2.75) is 25.3 Å². The van der Waals surface area contributed by atoms with Crippen LogP contribution in [0, 0.1) is 10.1 Å². The molecule has 2 aliphatic rings. The van der Waals surface area contributed by atoms with Gasteiger partial charge in [-0.05, 0) is 25.3 Å². The van der Waals surface area contributed by atoms with Crippen molar-refractivity contribution in [3.05, 3.63) is 22.2 Å². The standard InChI is InChI=1S/C13H18N4O3/c18-17(19)11-4-5-12(16-6-8-20-9-7-16)15-13(11)14-10-2-1-3-10/h4-5,10H,1-3,6-9H2,(H,14,15). The highest BCUT2D eigenvalue weighted by atomic mass is 16.6. The van der Waals surface area contributed by atoms with Crippen LogP contribution in [0.25, 0.3) is 0 Å². The van der Waals surface area contributed by atoms with Crippen molar-refractivity contribution in [2.24, 2.45) is 0 Å². The van der Waals surface area contributed by atoms with Crippen LogP contribution in [0.5, 0.6) is 0 Å². The maximum atomic E-state index is 11.1. The van der Waals surface area contributed by atoms with E-state index in [1.807, 2.05) is 0 Å². The van der Waals surface area contributed by atoms with Gasteiger partial charge in [0.1, 0.15) is 5.82 Å². The van der Waals surface area contributed by atoms with Crippen LogP contribution in [-0.2, 0) is 4.74 Å². The maximum absolute atomic E-state index is 11.1. The van der Waals surface area contributed by atoms with Crippen molar-refractivity contribution < 1.29 is 9.66 Å². The molecule has 0 unspecified atom stereocenters. The van der Waals surface area contributed by atoms with Gasteiger partial charge in [-0.3, -0.25) is 10.1 Å². The Bertz CT molecular complexity index is 498. The molecule has 1 saturated heterocycles. The van der Waals surface area contributed by atoms with E-state index < -0.39 is 0 Å². The van der Waals surface area contributed by atoms with E-state index in [9.17, 15) is 10.1 Å². The highest BCUT2D eigenvalue weighted by Gasteiger charge is 2.24. The van der Waals surface area contributed by atoms with E-state index in [4.69, 9.17) is 4.74 Å². The maximum Gasteiger partial charge on any atom is 0.311 e. The number of nitro groups is 1. The summed E-state index contributed by atoms with van der Waals surface area (Å²) < 4.78 is 5.31. The van der Waals surface area contributed by atoms with E-state index in [0.29, 0.717) is 25.1 Å². The first-order valence-corrected chi connectivity index (χ1v) is 6.99. The zero-order valence-electron chi connectivity index (χ0n) is 11.2. The van der Waals surface area contributed by atoms with Gasteiger partial charge in [-0.25, -0.2) is 4.98 Å². The van der Waals surface area contributed by atoms with Crippen LogP contribution in [0.15, 0.2) is 12.1 Å². The Hall–Kier alpha value is -1.89. The Labute approximate surface area is 117 Å². The minimum atomic E-state index is -0.378. The average Bonchev–Trinajstić information content (AvgIpc) is 2.43. The number of aromatic nitrogens is 1. The smallest absolute Gasteiger partial charge is 0.311 e. The minimum Gasteiger partial charge on any atom is -0.378 e. The third kappa shape index (κ3) is 2.67. The Balaban J connectivity index is 1.84. The van der Waals surface area contributed by atoms with Gasteiger partial charge in [0.05, 0.1) is 18.1 Å². The summed E-state index contributed by atoms with van der Waals surface area (Å²) in [6.07, 6.45) is 3.29. The molecule has 1 aromatic heterocycles. The lowest BCUT2D eigenvalue weighted by Gasteiger charge is -2.29. The summed E-state index contributed by atoms with van der Waals surface area (Å²) in [5, 5.41) is 14.3. The third-order valence-corrected chi connectivity index (χ3v) is 3.84. The van der Waals surface area contributed by atoms with E-state index in [1.165, 1.54) is 6.42 Å². The Morgan fingerprint density at radius 1 is 1.35 bits per heavy atom. The van der Waals surface area contributed by atoms with Gasteiger partial charge in [0.2, 0.25) is 5.82 Å². The molecule has 1 saturated carbocycles. The third-order valence-electron chi connectivity index (χ3n) is 3.84. The minimum absolute atomic E-state index is 0.0499. The van der Waals surface area contributed by atoms with Crippen molar-refractivity contribution in [1.29, 1.82) is 0 Å². The fraction of sp³-hybridized carbons (Fsp3) is 0.615. The van der Waals surface area contributed by atoms with Crippen molar-refractivity contribution >= 4 is 17.3 Å². The van der Waals surface area contributed by atoms with Crippen LogP contribution in [0.4, 0.5) is 17.3 Å². The van der Waals surface area contributed by atoms with Crippen molar-refractivity contribution in [3.8, 4) is 0 Å². The van der Waals surface area contributed by atoms with E-state index >= 15 is 0 Å². The summed E-state index contributed by atoms with van der Waals surface area (Å²) in [5.74, 6) is 1.17. The summed E-state index contributed by atoms with van der Waals surface area (Å²) >= 11 is 0. The van der Waals surface area contributed by atoms with Crippen LogP contribution in [0.1, 0.15) is 19.3 Å². The predicted octanol–water partition coefficient (Wildman–Crippen LogP) is 1.79. The van der Waals surface area contributed by atoms with Gasteiger partial charge < -0.3 is 15.0 Å². The molecule has 0 radical (unpaired) electrons. The molecular formula is C13H18N4O3. The van der Waals surface area contributed by atoms with Gasteiger partial charge in [-0.15, -0.1) is 0 Å². The topological polar surface area (TPSA) is 80.5 Å². The summed E-state index contributed by atoms with van der Waals surface area (Å²) in [7, 11) is 0. The normalized spacial score (nSPS) is 19.5. The fourth-order valence-electron chi connectivity index (χ4n) is 2.41. The Morgan fingerprint density at radius 2 is 2.10 bits per heavy atom. The fourth-order valence-corrected chi connectivity index (χ4v) is 2.41. The van der Waals surface area contributed by atoms with Crippen molar-refractivity contribution in [3.63, 3.8) is 0 Å².